The maximum absolute atomic E-state index is 12.2. The fraction of sp³-hybridized carbons (Fsp3) is 0.476. The summed E-state index contributed by atoms with van der Waals surface area (Å²) in [6.07, 6.45) is 2.64. The zero-order valence-corrected chi connectivity index (χ0v) is 16.5. The summed E-state index contributed by atoms with van der Waals surface area (Å²) in [7, 11) is 0. The second kappa shape index (κ2) is 7.61. The van der Waals surface area contributed by atoms with Gasteiger partial charge in [0.15, 0.2) is 0 Å². The molecular formula is C21H28N2OS. The largest absolute Gasteiger partial charge is 0.367 e. The molecule has 0 fully saturated rings. The van der Waals surface area contributed by atoms with E-state index in [-0.39, 0.29) is 5.91 Å². The molecular weight excluding hydrogens is 328 g/mol. The van der Waals surface area contributed by atoms with E-state index < -0.39 is 0 Å². The van der Waals surface area contributed by atoms with Crippen LogP contribution < -0.4 is 10.2 Å². The second-order valence-electron chi connectivity index (χ2n) is 7.48. The summed E-state index contributed by atoms with van der Waals surface area (Å²) in [4.78, 5) is 16.2. The Morgan fingerprint density at radius 3 is 2.68 bits per heavy atom. The van der Waals surface area contributed by atoms with Crippen molar-refractivity contribution in [3.05, 3.63) is 45.1 Å². The van der Waals surface area contributed by atoms with Gasteiger partial charge in [0.25, 0.3) is 0 Å². The summed E-state index contributed by atoms with van der Waals surface area (Å²) in [5, 5.41) is 5.31. The highest BCUT2D eigenvalue weighted by Gasteiger charge is 2.19. The molecule has 0 bridgehead atoms. The van der Waals surface area contributed by atoms with Crippen molar-refractivity contribution < 1.29 is 4.79 Å². The lowest BCUT2D eigenvalue weighted by molar-refractivity contribution is -0.116. The fourth-order valence-corrected chi connectivity index (χ4v) is 4.30. The van der Waals surface area contributed by atoms with Crippen molar-refractivity contribution in [2.24, 2.45) is 5.92 Å². The monoisotopic (exact) mass is 356 g/mol. The summed E-state index contributed by atoms with van der Waals surface area (Å²) >= 11 is 1.87. The molecule has 25 heavy (non-hydrogen) atoms. The minimum atomic E-state index is 0.119. The number of benzene rings is 1. The molecule has 3 rings (SSSR count). The predicted molar refractivity (Wildman–Crippen MR) is 108 cm³/mol. The van der Waals surface area contributed by atoms with Crippen LogP contribution in [0.2, 0.25) is 0 Å². The predicted octanol–water partition coefficient (Wildman–Crippen LogP) is 5.30. The van der Waals surface area contributed by atoms with Crippen LogP contribution in [0.5, 0.6) is 0 Å². The smallest absolute Gasteiger partial charge is 0.224 e. The number of thiophene rings is 1. The minimum absolute atomic E-state index is 0.119. The van der Waals surface area contributed by atoms with Gasteiger partial charge in [0, 0.05) is 35.8 Å². The molecule has 0 saturated carbocycles. The van der Waals surface area contributed by atoms with Crippen LogP contribution in [0.15, 0.2) is 23.6 Å². The summed E-state index contributed by atoms with van der Waals surface area (Å²) < 4.78 is 0. The number of amides is 1. The van der Waals surface area contributed by atoms with Crippen molar-refractivity contribution in [3.8, 4) is 0 Å². The summed E-state index contributed by atoms with van der Waals surface area (Å²) in [5.41, 5.74) is 5.98. The van der Waals surface area contributed by atoms with Gasteiger partial charge >= 0.3 is 0 Å². The third kappa shape index (κ3) is 4.24. The van der Waals surface area contributed by atoms with Crippen molar-refractivity contribution >= 4 is 28.6 Å². The third-order valence-electron chi connectivity index (χ3n) is 4.90. The molecule has 1 aliphatic rings. The first-order valence-corrected chi connectivity index (χ1v) is 10.0. The Morgan fingerprint density at radius 1 is 1.28 bits per heavy atom. The minimum Gasteiger partial charge on any atom is -0.367 e. The van der Waals surface area contributed by atoms with E-state index in [1.54, 1.807) is 0 Å². The molecule has 0 saturated heterocycles. The standard InChI is InChI=1S/C21H28N2OS/c1-14(2)5-6-20(24)22-21-15(3)11-18(12-16(21)4)23-9-7-19-17(13-23)8-10-25-19/h8,10-12,14H,5-7,9,13H2,1-4H3,(H,22,24). The van der Waals surface area contributed by atoms with Crippen molar-refractivity contribution in [1.82, 2.24) is 0 Å². The molecule has 1 aromatic carbocycles. The number of rotatable bonds is 5. The van der Waals surface area contributed by atoms with Crippen LogP contribution in [-0.4, -0.2) is 12.5 Å². The van der Waals surface area contributed by atoms with Crippen LogP contribution in [0.1, 0.15) is 48.3 Å². The normalized spacial score (nSPS) is 13.9. The van der Waals surface area contributed by atoms with Crippen LogP contribution >= 0.6 is 11.3 Å². The van der Waals surface area contributed by atoms with Crippen molar-refractivity contribution in [3.63, 3.8) is 0 Å². The molecule has 1 aliphatic heterocycles. The van der Waals surface area contributed by atoms with Gasteiger partial charge < -0.3 is 10.2 Å². The number of hydrogen-bond acceptors (Lipinski definition) is 3. The van der Waals surface area contributed by atoms with Crippen molar-refractivity contribution in [2.75, 3.05) is 16.8 Å². The topological polar surface area (TPSA) is 32.3 Å². The average Bonchev–Trinajstić information content (AvgIpc) is 3.03. The van der Waals surface area contributed by atoms with Gasteiger partial charge in [-0.1, -0.05) is 13.8 Å². The molecule has 0 aliphatic carbocycles. The quantitative estimate of drug-likeness (QED) is 0.788. The van der Waals surface area contributed by atoms with Crippen molar-refractivity contribution in [2.45, 2.75) is 53.5 Å². The number of fused-ring (bicyclic) bond motifs is 1. The first-order chi connectivity index (χ1) is 11.9. The Bertz CT molecular complexity index is 740. The van der Waals surface area contributed by atoms with Gasteiger partial charge in [-0.05, 0) is 72.9 Å². The molecule has 4 heteroatoms. The van der Waals surface area contributed by atoms with Gasteiger partial charge in [0.05, 0.1) is 0 Å². The number of aryl methyl sites for hydroxylation is 2. The molecule has 0 unspecified atom stereocenters. The lowest BCUT2D eigenvalue weighted by Gasteiger charge is -2.30. The maximum Gasteiger partial charge on any atom is 0.224 e. The lowest BCUT2D eigenvalue weighted by atomic mass is 10.0. The van der Waals surface area contributed by atoms with Crippen LogP contribution in [0.3, 0.4) is 0 Å². The van der Waals surface area contributed by atoms with E-state index >= 15 is 0 Å². The van der Waals surface area contributed by atoms with E-state index in [9.17, 15) is 4.79 Å². The van der Waals surface area contributed by atoms with E-state index in [1.807, 2.05) is 11.3 Å². The zero-order valence-electron chi connectivity index (χ0n) is 15.7. The van der Waals surface area contributed by atoms with Crippen molar-refractivity contribution in [1.29, 1.82) is 0 Å². The van der Waals surface area contributed by atoms with E-state index in [2.05, 4.69) is 61.5 Å². The maximum atomic E-state index is 12.2. The van der Waals surface area contributed by atoms with Crippen LogP contribution in [0, 0.1) is 19.8 Å². The Kier molecular flexibility index (Phi) is 5.48. The van der Waals surface area contributed by atoms with Gasteiger partial charge in [-0.15, -0.1) is 11.3 Å². The number of anilines is 2. The van der Waals surface area contributed by atoms with Gasteiger partial charge in [-0.25, -0.2) is 0 Å². The zero-order chi connectivity index (χ0) is 18.0. The van der Waals surface area contributed by atoms with E-state index in [0.29, 0.717) is 12.3 Å². The second-order valence-corrected chi connectivity index (χ2v) is 8.48. The fourth-order valence-electron chi connectivity index (χ4n) is 3.41. The molecule has 2 heterocycles. The van der Waals surface area contributed by atoms with Gasteiger partial charge in [0.2, 0.25) is 5.91 Å². The third-order valence-corrected chi connectivity index (χ3v) is 5.93. The molecule has 134 valence electrons. The molecule has 0 atom stereocenters. The van der Waals surface area contributed by atoms with Gasteiger partial charge in [-0.2, -0.15) is 0 Å². The number of nitrogens with zero attached hydrogens (tertiary/aromatic N) is 1. The average molecular weight is 357 g/mol. The summed E-state index contributed by atoms with van der Waals surface area (Å²) in [6.45, 7) is 10.5. The highest BCUT2D eigenvalue weighted by molar-refractivity contribution is 7.10. The summed E-state index contributed by atoms with van der Waals surface area (Å²) in [5.74, 6) is 0.671. The first-order valence-electron chi connectivity index (χ1n) is 9.15. The number of hydrogen-bond donors (Lipinski definition) is 1. The Labute approximate surface area is 155 Å². The Balaban J connectivity index is 1.73. The lowest BCUT2D eigenvalue weighted by Crippen LogP contribution is -2.29. The molecule has 2 aromatic rings. The first kappa shape index (κ1) is 18.0. The highest BCUT2D eigenvalue weighted by Crippen LogP contribution is 2.32. The number of carbonyl (C=O) groups is 1. The molecule has 1 N–H and O–H groups in total. The van der Waals surface area contributed by atoms with Gasteiger partial charge in [0.1, 0.15) is 0 Å². The Morgan fingerprint density at radius 2 is 2.00 bits per heavy atom. The van der Waals surface area contributed by atoms with E-state index in [0.717, 1.165) is 42.7 Å². The molecule has 0 spiro atoms. The summed E-state index contributed by atoms with van der Waals surface area (Å²) in [6, 6.07) is 6.67. The van der Waals surface area contributed by atoms with Crippen LogP contribution in [-0.2, 0) is 17.8 Å². The molecule has 1 aromatic heterocycles. The number of nitrogens with one attached hydrogen (secondary N) is 1. The SMILES string of the molecule is Cc1cc(N2CCc3sccc3C2)cc(C)c1NC(=O)CCC(C)C. The van der Waals surface area contributed by atoms with E-state index in [4.69, 9.17) is 0 Å². The van der Waals surface area contributed by atoms with Crippen LogP contribution in [0.4, 0.5) is 11.4 Å². The van der Waals surface area contributed by atoms with Gasteiger partial charge in [-0.3, -0.25) is 4.79 Å². The number of carbonyl (C=O) groups excluding carboxylic acids is 1. The highest BCUT2D eigenvalue weighted by atomic mass is 32.1. The Hall–Kier alpha value is -1.81. The molecule has 1 amide bonds. The van der Waals surface area contributed by atoms with E-state index in [1.165, 1.54) is 16.1 Å². The van der Waals surface area contributed by atoms with Crippen LogP contribution in [0.25, 0.3) is 0 Å². The molecule has 0 radical (unpaired) electrons. The molecule has 3 nitrogen and oxygen atoms in total.